The van der Waals surface area contributed by atoms with Crippen LogP contribution in [0.3, 0.4) is 0 Å². The normalized spacial score (nSPS) is 11.7. The molecule has 110 valence electrons. The number of nitrogens with one attached hydrogen (secondary N) is 3. The van der Waals surface area contributed by atoms with Crippen molar-refractivity contribution >= 4 is 11.9 Å². The Kier molecular flexibility index (Phi) is 5.11. The predicted molar refractivity (Wildman–Crippen MR) is 77.6 cm³/mol. The Morgan fingerprint density at radius 2 is 1.90 bits per heavy atom. The van der Waals surface area contributed by atoms with Crippen LogP contribution in [0.4, 0.5) is 4.79 Å². The van der Waals surface area contributed by atoms with Crippen molar-refractivity contribution in [2.45, 2.75) is 6.04 Å². The second-order valence-electron chi connectivity index (χ2n) is 4.37. The van der Waals surface area contributed by atoms with Crippen LogP contribution >= 0.6 is 0 Å². The zero-order chi connectivity index (χ0) is 15.1. The van der Waals surface area contributed by atoms with Gasteiger partial charge in [0, 0.05) is 7.05 Å². The van der Waals surface area contributed by atoms with Crippen LogP contribution in [-0.2, 0) is 4.79 Å². The van der Waals surface area contributed by atoms with Crippen molar-refractivity contribution in [3.63, 3.8) is 0 Å². The van der Waals surface area contributed by atoms with Crippen LogP contribution in [0.15, 0.2) is 53.1 Å². The standard InChI is InChI=1S/C15H17N3O3/c1-16-15(20)18-13(19)10-17-14(12-8-5-9-21-12)11-6-3-2-4-7-11/h2-9,14,17H,10H2,1H3,(H2,16,18,19,20)/t14-/m1/s1. The van der Waals surface area contributed by atoms with Gasteiger partial charge in [0.05, 0.1) is 18.8 Å². The number of hydrogen-bond acceptors (Lipinski definition) is 4. The third kappa shape index (κ3) is 4.19. The fourth-order valence-electron chi connectivity index (χ4n) is 1.91. The van der Waals surface area contributed by atoms with E-state index in [2.05, 4.69) is 16.0 Å². The Labute approximate surface area is 122 Å². The highest BCUT2D eigenvalue weighted by atomic mass is 16.3. The van der Waals surface area contributed by atoms with Crippen LogP contribution in [0.5, 0.6) is 0 Å². The van der Waals surface area contributed by atoms with Gasteiger partial charge in [-0.05, 0) is 17.7 Å². The van der Waals surface area contributed by atoms with Gasteiger partial charge in [-0.2, -0.15) is 0 Å². The zero-order valence-electron chi connectivity index (χ0n) is 11.6. The number of urea groups is 1. The largest absolute Gasteiger partial charge is 0.467 e. The summed E-state index contributed by atoms with van der Waals surface area (Å²) in [6.07, 6.45) is 1.58. The third-order valence-corrected chi connectivity index (χ3v) is 2.91. The summed E-state index contributed by atoms with van der Waals surface area (Å²) in [5.41, 5.74) is 0.972. The second-order valence-corrected chi connectivity index (χ2v) is 4.37. The lowest BCUT2D eigenvalue weighted by atomic mass is 10.0. The molecule has 2 rings (SSSR count). The summed E-state index contributed by atoms with van der Waals surface area (Å²) in [6, 6.07) is 12.5. The molecule has 0 spiro atoms. The molecule has 0 unspecified atom stereocenters. The Morgan fingerprint density at radius 1 is 1.14 bits per heavy atom. The molecule has 21 heavy (non-hydrogen) atoms. The average molecular weight is 287 g/mol. The van der Waals surface area contributed by atoms with E-state index in [1.807, 2.05) is 36.4 Å². The smallest absolute Gasteiger partial charge is 0.321 e. The molecule has 3 amide bonds. The van der Waals surface area contributed by atoms with Crippen molar-refractivity contribution in [3.8, 4) is 0 Å². The van der Waals surface area contributed by atoms with E-state index in [9.17, 15) is 9.59 Å². The van der Waals surface area contributed by atoms with Crippen LogP contribution < -0.4 is 16.0 Å². The molecule has 0 saturated heterocycles. The van der Waals surface area contributed by atoms with Gasteiger partial charge in [-0.25, -0.2) is 4.79 Å². The van der Waals surface area contributed by atoms with Crippen molar-refractivity contribution in [1.29, 1.82) is 0 Å². The molecule has 1 aromatic carbocycles. The van der Waals surface area contributed by atoms with E-state index >= 15 is 0 Å². The van der Waals surface area contributed by atoms with Crippen molar-refractivity contribution in [2.75, 3.05) is 13.6 Å². The summed E-state index contributed by atoms with van der Waals surface area (Å²) in [7, 11) is 1.45. The molecule has 3 N–H and O–H groups in total. The zero-order valence-corrected chi connectivity index (χ0v) is 11.6. The Morgan fingerprint density at radius 3 is 2.52 bits per heavy atom. The Bertz CT molecular complexity index is 581. The highest BCUT2D eigenvalue weighted by Gasteiger charge is 2.17. The van der Waals surface area contributed by atoms with Crippen LogP contribution in [0.1, 0.15) is 17.4 Å². The van der Waals surface area contributed by atoms with Gasteiger partial charge in [-0.3, -0.25) is 15.4 Å². The lowest BCUT2D eigenvalue weighted by Gasteiger charge is -2.16. The van der Waals surface area contributed by atoms with Gasteiger partial charge < -0.3 is 9.73 Å². The quantitative estimate of drug-likeness (QED) is 0.776. The van der Waals surface area contributed by atoms with Gasteiger partial charge in [0.1, 0.15) is 5.76 Å². The minimum atomic E-state index is -0.531. The first-order chi connectivity index (χ1) is 10.2. The number of carbonyl (C=O) groups is 2. The monoisotopic (exact) mass is 287 g/mol. The first-order valence-electron chi connectivity index (χ1n) is 6.54. The summed E-state index contributed by atoms with van der Waals surface area (Å²) in [5, 5.41) is 7.61. The van der Waals surface area contributed by atoms with Crippen molar-refractivity contribution < 1.29 is 14.0 Å². The topological polar surface area (TPSA) is 83.4 Å². The molecule has 1 heterocycles. The lowest BCUT2D eigenvalue weighted by Crippen LogP contribution is -2.42. The molecule has 0 bridgehead atoms. The summed E-state index contributed by atoms with van der Waals surface area (Å²) < 4.78 is 5.41. The SMILES string of the molecule is CNC(=O)NC(=O)CN[C@H](c1ccccc1)c1ccco1. The molecule has 0 aliphatic rings. The van der Waals surface area contributed by atoms with Crippen molar-refractivity contribution in [2.24, 2.45) is 0 Å². The molecule has 0 radical (unpaired) electrons. The Hall–Kier alpha value is -2.60. The summed E-state index contributed by atoms with van der Waals surface area (Å²) >= 11 is 0. The van der Waals surface area contributed by atoms with Gasteiger partial charge in [-0.15, -0.1) is 0 Å². The number of rotatable bonds is 5. The van der Waals surface area contributed by atoms with Crippen LogP contribution in [0.25, 0.3) is 0 Å². The molecule has 6 nitrogen and oxygen atoms in total. The highest BCUT2D eigenvalue weighted by Crippen LogP contribution is 2.21. The number of amides is 3. The molecule has 0 aliphatic carbocycles. The first kappa shape index (κ1) is 14.8. The predicted octanol–water partition coefficient (Wildman–Crippen LogP) is 1.41. The molecular formula is C15H17N3O3. The molecular weight excluding hydrogens is 270 g/mol. The van der Waals surface area contributed by atoms with Gasteiger partial charge >= 0.3 is 6.03 Å². The average Bonchev–Trinajstić information content (AvgIpc) is 3.02. The molecule has 1 atom stereocenters. The maximum Gasteiger partial charge on any atom is 0.321 e. The minimum Gasteiger partial charge on any atom is -0.467 e. The molecule has 0 saturated carbocycles. The number of furan rings is 1. The Balaban J connectivity index is 2.04. The molecule has 1 aromatic heterocycles. The van der Waals surface area contributed by atoms with E-state index in [4.69, 9.17) is 4.42 Å². The van der Waals surface area contributed by atoms with Gasteiger partial charge in [0.25, 0.3) is 0 Å². The van der Waals surface area contributed by atoms with E-state index in [1.54, 1.807) is 12.3 Å². The van der Waals surface area contributed by atoms with Gasteiger partial charge in [0.2, 0.25) is 5.91 Å². The number of imide groups is 1. The van der Waals surface area contributed by atoms with E-state index < -0.39 is 11.9 Å². The third-order valence-electron chi connectivity index (χ3n) is 2.91. The molecule has 2 aromatic rings. The van der Waals surface area contributed by atoms with Crippen LogP contribution in [0, 0.1) is 0 Å². The fraction of sp³-hybridized carbons (Fsp3) is 0.200. The van der Waals surface area contributed by atoms with Crippen LogP contribution in [-0.4, -0.2) is 25.5 Å². The fourth-order valence-corrected chi connectivity index (χ4v) is 1.91. The minimum absolute atomic E-state index is 0.00627. The first-order valence-corrected chi connectivity index (χ1v) is 6.54. The number of carbonyl (C=O) groups excluding carboxylic acids is 2. The lowest BCUT2D eigenvalue weighted by molar-refractivity contribution is -0.119. The summed E-state index contributed by atoms with van der Waals surface area (Å²) in [5.74, 6) is 0.288. The molecule has 0 aliphatic heterocycles. The van der Waals surface area contributed by atoms with E-state index in [1.165, 1.54) is 7.05 Å². The molecule has 6 heteroatoms. The van der Waals surface area contributed by atoms with Crippen molar-refractivity contribution in [1.82, 2.24) is 16.0 Å². The van der Waals surface area contributed by atoms with E-state index in [0.717, 1.165) is 5.56 Å². The molecule has 0 fully saturated rings. The van der Waals surface area contributed by atoms with Gasteiger partial charge in [-0.1, -0.05) is 30.3 Å². The van der Waals surface area contributed by atoms with Crippen LogP contribution in [0.2, 0.25) is 0 Å². The van der Waals surface area contributed by atoms with E-state index in [0.29, 0.717) is 5.76 Å². The summed E-state index contributed by atoms with van der Waals surface area (Å²) in [6.45, 7) is -0.00627. The van der Waals surface area contributed by atoms with E-state index in [-0.39, 0.29) is 12.6 Å². The summed E-state index contributed by atoms with van der Waals surface area (Å²) in [4.78, 5) is 22.7. The second kappa shape index (κ2) is 7.25. The van der Waals surface area contributed by atoms with Gasteiger partial charge in [0.15, 0.2) is 0 Å². The number of hydrogen-bond donors (Lipinski definition) is 3. The highest BCUT2D eigenvalue weighted by molar-refractivity contribution is 5.95. The van der Waals surface area contributed by atoms with Crippen molar-refractivity contribution in [3.05, 3.63) is 60.1 Å². The number of benzene rings is 1. The maximum atomic E-state index is 11.7. The maximum absolute atomic E-state index is 11.7.